The van der Waals surface area contributed by atoms with Crippen LogP contribution in [-0.4, -0.2) is 31.3 Å². The molecule has 2 heterocycles. The number of guanidine groups is 1. The van der Waals surface area contributed by atoms with E-state index in [1.54, 1.807) is 0 Å². The van der Waals surface area contributed by atoms with Gasteiger partial charge in [0.15, 0.2) is 5.96 Å². The van der Waals surface area contributed by atoms with Gasteiger partial charge in [0.1, 0.15) is 5.75 Å². The summed E-state index contributed by atoms with van der Waals surface area (Å²) in [5.41, 5.74) is 7.49. The van der Waals surface area contributed by atoms with E-state index >= 15 is 0 Å². The van der Waals surface area contributed by atoms with Crippen molar-refractivity contribution >= 4 is 5.96 Å². The lowest BCUT2D eigenvalue weighted by atomic mass is 9.55. The van der Waals surface area contributed by atoms with E-state index in [0.717, 1.165) is 30.8 Å². The van der Waals surface area contributed by atoms with Gasteiger partial charge in [0.2, 0.25) is 0 Å². The number of aliphatic imine (C=N–C) groups is 1. The molecule has 130 valence electrons. The molecule has 5 nitrogen and oxygen atoms in total. The first-order chi connectivity index (χ1) is 11.6. The summed E-state index contributed by atoms with van der Waals surface area (Å²) < 4.78 is 11.7. The number of nitrogens with zero attached hydrogens (tertiary/aromatic N) is 1. The first kappa shape index (κ1) is 15.8. The van der Waals surface area contributed by atoms with Gasteiger partial charge in [0, 0.05) is 36.0 Å². The van der Waals surface area contributed by atoms with Crippen molar-refractivity contribution in [2.24, 2.45) is 22.1 Å². The van der Waals surface area contributed by atoms with Crippen LogP contribution in [0.4, 0.5) is 0 Å². The van der Waals surface area contributed by atoms with Crippen LogP contribution in [-0.2, 0) is 4.74 Å². The second-order valence-corrected chi connectivity index (χ2v) is 7.75. The molecular formula is C19H27N3O2. The monoisotopic (exact) mass is 329 g/mol. The number of ether oxygens (including phenoxy) is 2. The average Bonchev–Trinajstić information content (AvgIpc) is 2.60. The molecule has 4 rings (SSSR count). The summed E-state index contributed by atoms with van der Waals surface area (Å²) in [4.78, 5) is 4.76. The van der Waals surface area contributed by atoms with E-state index in [4.69, 9.17) is 20.2 Å². The Kier molecular flexibility index (Phi) is 3.91. The number of rotatable bonds is 2. The number of hydrogen-bond acceptors (Lipinski definition) is 3. The first-order valence-corrected chi connectivity index (χ1v) is 9.00. The minimum atomic E-state index is 0.0732. The Morgan fingerprint density at radius 3 is 2.96 bits per heavy atom. The zero-order chi connectivity index (χ0) is 16.7. The van der Waals surface area contributed by atoms with Crippen LogP contribution in [0.2, 0.25) is 0 Å². The number of nitrogens with two attached hydrogens (primary N) is 1. The Hall–Kier alpha value is -1.75. The smallest absolute Gasteiger partial charge is 0.189 e. The third-order valence-electron chi connectivity index (χ3n) is 5.86. The molecule has 5 heteroatoms. The van der Waals surface area contributed by atoms with E-state index in [0.29, 0.717) is 30.6 Å². The van der Waals surface area contributed by atoms with E-state index < -0.39 is 0 Å². The van der Waals surface area contributed by atoms with Gasteiger partial charge in [-0.3, -0.25) is 0 Å². The van der Waals surface area contributed by atoms with Gasteiger partial charge in [0.25, 0.3) is 0 Å². The van der Waals surface area contributed by atoms with E-state index in [1.807, 2.05) is 18.2 Å². The first-order valence-electron chi connectivity index (χ1n) is 9.00. The van der Waals surface area contributed by atoms with Gasteiger partial charge in [-0.2, -0.15) is 0 Å². The van der Waals surface area contributed by atoms with Crippen molar-refractivity contribution in [3.05, 3.63) is 29.8 Å². The van der Waals surface area contributed by atoms with E-state index in [9.17, 15) is 0 Å². The molecule has 1 saturated heterocycles. The average molecular weight is 329 g/mol. The molecule has 24 heavy (non-hydrogen) atoms. The van der Waals surface area contributed by atoms with Gasteiger partial charge in [-0.25, -0.2) is 4.99 Å². The standard InChI is InChI=1S/C19H27N3O2/c1-19(2)16(13-7-5-10-24-17(13)19)22-18(20)21-14-9-11-23-15-8-4-3-6-12(14)15/h3-4,6,8,13-14,16-17H,5,7,9-11H2,1-2H3,(H3,20,21,22). The molecule has 1 aromatic carbocycles. The molecule has 1 aromatic rings. The normalized spacial score (nSPS) is 34.3. The third kappa shape index (κ3) is 2.55. The van der Waals surface area contributed by atoms with Crippen LogP contribution < -0.4 is 15.8 Å². The van der Waals surface area contributed by atoms with Crippen molar-refractivity contribution in [2.45, 2.75) is 51.3 Å². The highest BCUT2D eigenvalue weighted by Gasteiger charge is 2.58. The van der Waals surface area contributed by atoms with Crippen LogP contribution in [0.1, 0.15) is 44.7 Å². The highest BCUT2D eigenvalue weighted by Crippen LogP contribution is 2.51. The third-order valence-corrected chi connectivity index (χ3v) is 5.86. The van der Waals surface area contributed by atoms with Gasteiger partial charge < -0.3 is 20.5 Å². The van der Waals surface area contributed by atoms with Crippen molar-refractivity contribution in [1.82, 2.24) is 5.32 Å². The van der Waals surface area contributed by atoms with Crippen LogP contribution >= 0.6 is 0 Å². The molecular weight excluding hydrogens is 302 g/mol. The minimum Gasteiger partial charge on any atom is -0.493 e. The minimum absolute atomic E-state index is 0.0732. The lowest BCUT2D eigenvalue weighted by Crippen LogP contribution is -2.70. The maximum Gasteiger partial charge on any atom is 0.189 e. The fourth-order valence-electron chi connectivity index (χ4n) is 4.64. The summed E-state index contributed by atoms with van der Waals surface area (Å²) in [6.45, 7) is 6.09. The summed E-state index contributed by atoms with van der Waals surface area (Å²) in [6, 6.07) is 8.50. The van der Waals surface area contributed by atoms with Crippen molar-refractivity contribution in [3.8, 4) is 5.75 Å². The maximum atomic E-state index is 6.27. The Bertz CT molecular complexity index is 643. The van der Waals surface area contributed by atoms with Crippen LogP contribution in [0, 0.1) is 11.3 Å². The number of hydrogen-bond donors (Lipinski definition) is 2. The Morgan fingerprint density at radius 2 is 2.08 bits per heavy atom. The molecule has 0 radical (unpaired) electrons. The van der Waals surface area contributed by atoms with Crippen LogP contribution in [0.5, 0.6) is 5.75 Å². The summed E-state index contributed by atoms with van der Waals surface area (Å²) in [6.07, 6.45) is 3.56. The summed E-state index contributed by atoms with van der Waals surface area (Å²) in [7, 11) is 0. The SMILES string of the molecule is CC1(C)C(NC(N)=NC2CCOc3ccccc32)C2CCCOC21. The maximum absolute atomic E-state index is 6.27. The van der Waals surface area contributed by atoms with Gasteiger partial charge >= 0.3 is 0 Å². The second-order valence-electron chi connectivity index (χ2n) is 7.75. The van der Waals surface area contributed by atoms with Crippen LogP contribution in [0.3, 0.4) is 0 Å². The summed E-state index contributed by atoms with van der Waals surface area (Å²) in [5.74, 6) is 2.01. The molecule has 3 N–H and O–H groups in total. The molecule has 2 aliphatic heterocycles. The topological polar surface area (TPSA) is 68.9 Å². The Balaban J connectivity index is 1.49. The van der Waals surface area contributed by atoms with Crippen molar-refractivity contribution < 1.29 is 9.47 Å². The largest absolute Gasteiger partial charge is 0.493 e. The summed E-state index contributed by atoms with van der Waals surface area (Å²) >= 11 is 0. The predicted molar refractivity (Wildman–Crippen MR) is 94.1 cm³/mol. The molecule has 4 atom stereocenters. The number of benzene rings is 1. The molecule has 3 aliphatic rings. The van der Waals surface area contributed by atoms with Crippen molar-refractivity contribution in [3.63, 3.8) is 0 Å². The molecule has 0 bridgehead atoms. The highest BCUT2D eigenvalue weighted by molar-refractivity contribution is 5.79. The molecule has 1 saturated carbocycles. The molecule has 4 unspecified atom stereocenters. The van der Waals surface area contributed by atoms with Crippen LogP contribution in [0.15, 0.2) is 29.3 Å². The predicted octanol–water partition coefficient (Wildman–Crippen LogP) is 2.62. The van der Waals surface area contributed by atoms with E-state index in [1.165, 1.54) is 6.42 Å². The van der Waals surface area contributed by atoms with Gasteiger partial charge in [-0.1, -0.05) is 32.0 Å². The van der Waals surface area contributed by atoms with E-state index in [2.05, 4.69) is 25.2 Å². The number of nitrogens with one attached hydrogen (secondary N) is 1. The second kappa shape index (κ2) is 5.96. The van der Waals surface area contributed by atoms with Gasteiger partial charge in [-0.05, 0) is 18.9 Å². The van der Waals surface area contributed by atoms with E-state index in [-0.39, 0.29) is 11.5 Å². The molecule has 2 fully saturated rings. The fraction of sp³-hybridized carbons (Fsp3) is 0.632. The van der Waals surface area contributed by atoms with Crippen LogP contribution in [0.25, 0.3) is 0 Å². The molecule has 0 amide bonds. The molecule has 0 aromatic heterocycles. The zero-order valence-corrected chi connectivity index (χ0v) is 14.5. The summed E-state index contributed by atoms with van der Waals surface area (Å²) in [5, 5.41) is 3.49. The lowest BCUT2D eigenvalue weighted by molar-refractivity contribution is -0.188. The Labute approximate surface area is 143 Å². The quantitative estimate of drug-likeness (QED) is 0.646. The van der Waals surface area contributed by atoms with Crippen molar-refractivity contribution in [1.29, 1.82) is 0 Å². The number of para-hydroxylation sites is 1. The van der Waals surface area contributed by atoms with Gasteiger partial charge in [0.05, 0.1) is 18.8 Å². The van der Waals surface area contributed by atoms with Crippen molar-refractivity contribution in [2.75, 3.05) is 13.2 Å². The molecule has 0 spiro atoms. The highest BCUT2D eigenvalue weighted by atomic mass is 16.5. The Morgan fingerprint density at radius 1 is 1.25 bits per heavy atom. The van der Waals surface area contributed by atoms with Gasteiger partial charge in [-0.15, -0.1) is 0 Å². The lowest BCUT2D eigenvalue weighted by Gasteiger charge is -2.60. The fourth-order valence-corrected chi connectivity index (χ4v) is 4.64. The number of fused-ring (bicyclic) bond motifs is 2. The molecule has 1 aliphatic carbocycles. The zero-order valence-electron chi connectivity index (χ0n) is 14.5.